The SMILES string of the molecule is Cn1cc(Nc2c(C#N)c(=O)n(C)c(=O)n2C)cn1. The molecule has 0 saturated heterocycles. The molecule has 19 heavy (non-hydrogen) atoms. The molecule has 98 valence electrons. The van der Waals surface area contributed by atoms with Crippen LogP contribution in [0.25, 0.3) is 0 Å². The van der Waals surface area contributed by atoms with E-state index in [4.69, 9.17) is 5.26 Å². The summed E-state index contributed by atoms with van der Waals surface area (Å²) in [5.74, 6) is 0.156. The summed E-state index contributed by atoms with van der Waals surface area (Å²) in [5.41, 5.74) is -0.664. The summed E-state index contributed by atoms with van der Waals surface area (Å²) >= 11 is 0. The first-order valence-electron chi connectivity index (χ1n) is 5.41. The van der Waals surface area contributed by atoms with Crippen molar-refractivity contribution in [3.63, 3.8) is 0 Å². The van der Waals surface area contributed by atoms with Gasteiger partial charge in [0.2, 0.25) is 0 Å². The van der Waals surface area contributed by atoms with Gasteiger partial charge < -0.3 is 5.32 Å². The first-order valence-corrected chi connectivity index (χ1v) is 5.41. The van der Waals surface area contributed by atoms with E-state index in [0.717, 1.165) is 4.57 Å². The molecule has 2 heterocycles. The Kier molecular flexibility index (Phi) is 2.96. The summed E-state index contributed by atoms with van der Waals surface area (Å²) in [5, 5.41) is 15.9. The number of nitriles is 1. The fraction of sp³-hybridized carbons (Fsp3) is 0.273. The summed E-state index contributed by atoms with van der Waals surface area (Å²) in [6.45, 7) is 0. The molecule has 0 aliphatic rings. The molecular weight excluding hydrogens is 248 g/mol. The second kappa shape index (κ2) is 4.45. The van der Waals surface area contributed by atoms with Crippen molar-refractivity contribution in [2.45, 2.75) is 0 Å². The van der Waals surface area contributed by atoms with Gasteiger partial charge in [0.05, 0.1) is 11.9 Å². The van der Waals surface area contributed by atoms with Gasteiger partial charge in [0, 0.05) is 27.3 Å². The lowest BCUT2D eigenvalue weighted by Crippen LogP contribution is -2.39. The Morgan fingerprint density at radius 3 is 2.47 bits per heavy atom. The van der Waals surface area contributed by atoms with E-state index in [1.165, 1.54) is 24.9 Å². The van der Waals surface area contributed by atoms with Crippen LogP contribution < -0.4 is 16.6 Å². The van der Waals surface area contributed by atoms with Crippen molar-refractivity contribution in [1.82, 2.24) is 18.9 Å². The predicted octanol–water partition coefficient (Wildman–Crippen LogP) is -0.567. The Morgan fingerprint density at radius 2 is 1.95 bits per heavy atom. The Hall–Kier alpha value is -2.82. The largest absolute Gasteiger partial charge is 0.338 e. The van der Waals surface area contributed by atoms with E-state index >= 15 is 0 Å². The minimum absolute atomic E-state index is 0.117. The van der Waals surface area contributed by atoms with Crippen molar-refractivity contribution in [1.29, 1.82) is 5.26 Å². The van der Waals surface area contributed by atoms with Gasteiger partial charge in [-0.3, -0.25) is 18.6 Å². The monoisotopic (exact) mass is 260 g/mol. The number of aryl methyl sites for hydroxylation is 1. The third kappa shape index (κ3) is 2.01. The molecule has 0 atom stereocenters. The molecule has 0 saturated carbocycles. The molecule has 8 heteroatoms. The average Bonchev–Trinajstić information content (AvgIpc) is 2.79. The molecule has 1 N–H and O–H groups in total. The summed E-state index contributed by atoms with van der Waals surface area (Å²) in [7, 11) is 4.56. The molecule has 0 radical (unpaired) electrons. The van der Waals surface area contributed by atoms with Crippen molar-refractivity contribution >= 4 is 11.5 Å². The molecule has 0 aliphatic carbocycles. The molecule has 0 amide bonds. The highest BCUT2D eigenvalue weighted by Crippen LogP contribution is 2.15. The van der Waals surface area contributed by atoms with Gasteiger partial charge in [-0.25, -0.2) is 4.79 Å². The van der Waals surface area contributed by atoms with E-state index in [2.05, 4.69) is 10.4 Å². The molecule has 2 rings (SSSR count). The molecular formula is C11H12N6O2. The number of rotatable bonds is 2. The van der Waals surface area contributed by atoms with Crippen LogP contribution in [0.5, 0.6) is 0 Å². The van der Waals surface area contributed by atoms with Crippen LogP contribution >= 0.6 is 0 Å². The Bertz CT molecular complexity index is 789. The molecule has 2 aromatic rings. The van der Waals surface area contributed by atoms with E-state index < -0.39 is 11.2 Å². The number of anilines is 2. The highest BCUT2D eigenvalue weighted by Gasteiger charge is 2.15. The van der Waals surface area contributed by atoms with Gasteiger partial charge in [-0.15, -0.1) is 0 Å². The van der Waals surface area contributed by atoms with Gasteiger partial charge >= 0.3 is 5.69 Å². The number of nitrogens with zero attached hydrogens (tertiary/aromatic N) is 5. The molecule has 0 unspecified atom stereocenters. The smallest absolute Gasteiger partial charge is 0.332 e. The molecule has 0 spiro atoms. The standard InChI is InChI=1S/C11H12N6O2/c1-15-6-7(5-13-15)14-9-8(4-12)10(18)17(3)11(19)16(9)2/h5-6,14H,1-3H3. The summed E-state index contributed by atoms with van der Waals surface area (Å²) in [4.78, 5) is 23.7. The van der Waals surface area contributed by atoms with E-state index in [-0.39, 0.29) is 11.4 Å². The lowest BCUT2D eigenvalue weighted by Gasteiger charge is -2.12. The van der Waals surface area contributed by atoms with Gasteiger partial charge in [-0.2, -0.15) is 10.4 Å². The lowest BCUT2D eigenvalue weighted by atomic mass is 10.3. The number of aromatic nitrogens is 4. The minimum Gasteiger partial charge on any atom is -0.338 e. The van der Waals surface area contributed by atoms with E-state index in [9.17, 15) is 9.59 Å². The maximum Gasteiger partial charge on any atom is 0.332 e. The second-order valence-corrected chi connectivity index (χ2v) is 4.07. The van der Waals surface area contributed by atoms with Gasteiger partial charge in [-0.1, -0.05) is 0 Å². The van der Waals surface area contributed by atoms with Gasteiger partial charge in [0.25, 0.3) is 5.56 Å². The second-order valence-electron chi connectivity index (χ2n) is 4.07. The van der Waals surface area contributed by atoms with Crippen molar-refractivity contribution in [3.8, 4) is 6.07 Å². The number of hydrogen-bond donors (Lipinski definition) is 1. The maximum absolute atomic E-state index is 11.9. The first kappa shape index (κ1) is 12.6. The first-order chi connectivity index (χ1) is 8.95. The quantitative estimate of drug-likeness (QED) is 0.780. The highest BCUT2D eigenvalue weighted by atomic mass is 16.2. The fourth-order valence-corrected chi connectivity index (χ4v) is 1.71. The zero-order valence-corrected chi connectivity index (χ0v) is 10.7. The summed E-state index contributed by atoms with van der Waals surface area (Å²) < 4.78 is 3.67. The predicted molar refractivity (Wildman–Crippen MR) is 68.1 cm³/mol. The van der Waals surface area contributed by atoms with E-state index in [1.807, 2.05) is 6.07 Å². The Labute approximate surface area is 108 Å². The van der Waals surface area contributed by atoms with Crippen molar-refractivity contribution in [3.05, 3.63) is 38.8 Å². The van der Waals surface area contributed by atoms with Crippen LogP contribution in [-0.2, 0) is 21.1 Å². The Morgan fingerprint density at radius 1 is 1.26 bits per heavy atom. The van der Waals surface area contributed by atoms with Crippen LogP contribution in [-0.4, -0.2) is 18.9 Å². The minimum atomic E-state index is -0.628. The van der Waals surface area contributed by atoms with Gasteiger partial charge in [-0.05, 0) is 0 Å². The maximum atomic E-state index is 11.9. The summed E-state index contributed by atoms with van der Waals surface area (Å²) in [6, 6.07) is 1.82. The van der Waals surface area contributed by atoms with E-state index in [1.54, 1.807) is 17.9 Å². The van der Waals surface area contributed by atoms with Gasteiger partial charge in [0.15, 0.2) is 5.56 Å². The normalized spacial score (nSPS) is 10.2. The molecule has 0 bridgehead atoms. The summed E-state index contributed by atoms with van der Waals surface area (Å²) in [6.07, 6.45) is 3.20. The van der Waals surface area contributed by atoms with Crippen LogP contribution in [0.4, 0.5) is 11.5 Å². The molecule has 2 aromatic heterocycles. The third-order valence-electron chi connectivity index (χ3n) is 2.74. The van der Waals surface area contributed by atoms with Crippen LogP contribution in [0.15, 0.2) is 22.0 Å². The number of hydrogen-bond acceptors (Lipinski definition) is 5. The van der Waals surface area contributed by atoms with Crippen molar-refractivity contribution in [2.24, 2.45) is 21.1 Å². The molecule has 0 aliphatic heterocycles. The topological polar surface area (TPSA) is 97.6 Å². The van der Waals surface area contributed by atoms with Crippen LogP contribution in [0.1, 0.15) is 5.56 Å². The Balaban J connectivity index is 2.67. The van der Waals surface area contributed by atoms with Crippen molar-refractivity contribution < 1.29 is 0 Å². The van der Waals surface area contributed by atoms with Gasteiger partial charge in [0.1, 0.15) is 11.9 Å². The van der Waals surface area contributed by atoms with E-state index in [0.29, 0.717) is 5.69 Å². The molecule has 8 nitrogen and oxygen atoms in total. The average molecular weight is 260 g/mol. The highest BCUT2D eigenvalue weighted by molar-refractivity contribution is 5.61. The van der Waals surface area contributed by atoms with Crippen molar-refractivity contribution in [2.75, 3.05) is 5.32 Å². The zero-order valence-electron chi connectivity index (χ0n) is 10.7. The van der Waals surface area contributed by atoms with Crippen LogP contribution in [0, 0.1) is 11.3 Å². The zero-order chi connectivity index (χ0) is 14.2. The fourth-order valence-electron chi connectivity index (χ4n) is 1.71. The van der Waals surface area contributed by atoms with Crippen LogP contribution in [0.2, 0.25) is 0 Å². The molecule has 0 fully saturated rings. The number of nitrogens with one attached hydrogen (secondary N) is 1. The molecule has 0 aromatic carbocycles. The lowest BCUT2D eigenvalue weighted by molar-refractivity contribution is 0.689. The third-order valence-corrected chi connectivity index (χ3v) is 2.74. The van der Waals surface area contributed by atoms with Crippen LogP contribution in [0.3, 0.4) is 0 Å².